The predicted octanol–water partition coefficient (Wildman–Crippen LogP) is 3.50. The summed E-state index contributed by atoms with van der Waals surface area (Å²) in [5.74, 6) is -0.358. The van der Waals surface area contributed by atoms with Crippen molar-refractivity contribution < 1.29 is 14.3 Å². The van der Waals surface area contributed by atoms with Crippen LogP contribution in [0, 0.1) is 0 Å². The molecule has 4 nitrogen and oxygen atoms in total. The Morgan fingerprint density at radius 2 is 2.35 bits per heavy atom. The van der Waals surface area contributed by atoms with Crippen LogP contribution in [0.1, 0.15) is 36.5 Å². The number of rotatable bonds is 4. The molecule has 0 aromatic heterocycles. The Balaban J connectivity index is 2.10. The summed E-state index contributed by atoms with van der Waals surface area (Å²) >= 11 is 6.19. The van der Waals surface area contributed by atoms with E-state index in [1.54, 1.807) is 18.2 Å². The van der Waals surface area contributed by atoms with Crippen LogP contribution in [0.5, 0.6) is 0 Å². The number of methoxy groups -OCH3 is 1. The molecule has 110 valence electrons. The van der Waals surface area contributed by atoms with Crippen molar-refractivity contribution in [3.63, 3.8) is 0 Å². The number of hydrogen-bond donors (Lipinski definition) is 1. The summed E-state index contributed by atoms with van der Waals surface area (Å²) in [6.07, 6.45) is 3.20. The molecule has 0 saturated carbocycles. The zero-order valence-corrected chi connectivity index (χ0v) is 12.6. The lowest BCUT2D eigenvalue weighted by Gasteiger charge is -2.30. The topological polar surface area (TPSA) is 47.6 Å². The van der Waals surface area contributed by atoms with Gasteiger partial charge in [0.1, 0.15) is 0 Å². The van der Waals surface area contributed by atoms with Gasteiger partial charge in [-0.15, -0.1) is 0 Å². The minimum absolute atomic E-state index is 0.295. The molecule has 1 aromatic carbocycles. The van der Waals surface area contributed by atoms with Gasteiger partial charge in [-0.1, -0.05) is 18.5 Å². The van der Waals surface area contributed by atoms with Crippen molar-refractivity contribution in [3.05, 3.63) is 28.8 Å². The lowest BCUT2D eigenvalue weighted by molar-refractivity contribution is 0.00925. The number of benzene rings is 1. The standard InChI is InChI=1S/C15H20ClNO3/c1-3-12-9-11(6-7-20-12)17-14-8-10(15(18)19-2)4-5-13(14)16/h4-5,8,11-12,17H,3,6-7,9H2,1-2H3. The quantitative estimate of drug-likeness (QED) is 0.864. The van der Waals surface area contributed by atoms with Crippen molar-refractivity contribution in [1.29, 1.82) is 0 Å². The van der Waals surface area contributed by atoms with Gasteiger partial charge in [-0.2, -0.15) is 0 Å². The molecule has 2 atom stereocenters. The molecular weight excluding hydrogens is 278 g/mol. The highest BCUT2D eigenvalue weighted by Gasteiger charge is 2.22. The van der Waals surface area contributed by atoms with Crippen molar-refractivity contribution in [1.82, 2.24) is 0 Å². The molecule has 1 fully saturated rings. The smallest absolute Gasteiger partial charge is 0.337 e. The number of anilines is 1. The molecule has 5 heteroatoms. The number of carbonyl (C=O) groups excluding carboxylic acids is 1. The van der Waals surface area contributed by atoms with Gasteiger partial charge in [0.2, 0.25) is 0 Å². The van der Waals surface area contributed by atoms with Crippen LogP contribution in [-0.2, 0) is 9.47 Å². The maximum absolute atomic E-state index is 11.6. The molecule has 2 rings (SSSR count). The number of ether oxygens (including phenoxy) is 2. The Kier molecular flexibility index (Phi) is 5.26. The third-order valence-electron chi connectivity index (χ3n) is 3.57. The van der Waals surface area contributed by atoms with E-state index < -0.39 is 0 Å². The molecule has 1 aliphatic rings. The second-order valence-corrected chi connectivity index (χ2v) is 5.36. The summed E-state index contributed by atoms with van der Waals surface area (Å²) in [6, 6.07) is 5.44. The number of esters is 1. The predicted molar refractivity (Wildman–Crippen MR) is 79.5 cm³/mol. The molecule has 0 spiro atoms. The highest BCUT2D eigenvalue weighted by molar-refractivity contribution is 6.33. The zero-order chi connectivity index (χ0) is 14.5. The van der Waals surface area contributed by atoms with Crippen LogP contribution in [0.15, 0.2) is 18.2 Å². The van der Waals surface area contributed by atoms with Crippen molar-refractivity contribution >= 4 is 23.3 Å². The molecule has 1 aromatic rings. The number of hydrogen-bond acceptors (Lipinski definition) is 4. The molecular formula is C15H20ClNO3. The van der Waals surface area contributed by atoms with Crippen LogP contribution in [0.2, 0.25) is 5.02 Å². The minimum atomic E-state index is -0.358. The van der Waals surface area contributed by atoms with Crippen molar-refractivity contribution in [2.75, 3.05) is 19.0 Å². The van der Waals surface area contributed by atoms with E-state index in [9.17, 15) is 4.79 Å². The average Bonchev–Trinajstić information content (AvgIpc) is 2.49. The van der Waals surface area contributed by atoms with Crippen LogP contribution in [-0.4, -0.2) is 31.8 Å². The Hall–Kier alpha value is -1.26. The van der Waals surface area contributed by atoms with Gasteiger partial charge in [0, 0.05) is 12.6 Å². The molecule has 0 amide bonds. The van der Waals surface area contributed by atoms with Gasteiger partial charge in [0.25, 0.3) is 0 Å². The average molecular weight is 298 g/mol. The summed E-state index contributed by atoms with van der Waals surface area (Å²) in [7, 11) is 1.37. The molecule has 0 aliphatic carbocycles. The first-order valence-corrected chi connectivity index (χ1v) is 7.27. The van der Waals surface area contributed by atoms with E-state index in [0.717, 1.165) is 31.6 Å². The van der Waals surface area contributed by atoms with Crippen molar-refractivity contribution in [3.8, 4) is 0 Å². The number of halogens is 1. The normalized spacial score (nSPS) is 22.4. The van der Waals surface area contributed by atoms with Crippen LogP contribution in [0.4, 0.5) is 5.69 Å². The van der Waals surface area contributed by atoms with Gasteiger partial charge >= 0.3 is 5.97 Å². The Bertz CT molecular complexity index is 478. The first-order chi connectivity index (χ1) is 9.63. The van der Waals surface area contributed by atoms with E-state index in [0.29, 0.717) is 22.7 Å². The maximum atomic E-state index is 11.6. The van der Waals surface area contributed by atoms with Crippen molar-refractivity contribution in [2.24, 2.45) is 0 Å². The summed E-state index contributed by atoms with van der Waals surface area (Å²) in [5.41, 5.74) is 1.27. The molecule has 1 aliphatic heterocycles. The van der Waals surface area contributed by atoms with E-state index in [1.165, 1.54) is 7.11 Å². The van der Waals surface area contributed by atoms with E-state index in [2.05, 4.69) is 12.2 Å². The third kappa shape index (κ3) is 3.64. The van der Waals surface area contributed by atoms with E-state index in [1.807, 2.05) is 0 Å². The number of carbonyl (C=O) groups is 1. The Morgan fingerprint density at radius 1 is 1.55 bits per heavy atom. The third-order valence-corrected chi connectivity index (χ3v) is 3.90. The van der Waals surface area contributed by atoms with Crippen LogP contribution in [0.3, 0.4) is 0 Å². The van der Waals surface area contributed by atoms with Crippen LogP contribution in [0.25, 0.3) is 0 Å². The molecule has 2 unspecified atom stereocenters. The maximum Gasteiger partial charge on any atom is 0.337 e. The second kappa shape index (κ2) is 6.95. The van der Waals surface area contributed by atoms with Gasteiger partial charge in [-0.05, 0) is 37.5 Å². The van der Waals surface area contributed by atoms with Gasteiger partial charge < -0.3 is 14.8 Å². The fourth-order valence-electron chi connectivity index (χ4n) is 2.40. The van der Waals surface area contributed by atoms with Gasteiger partial charge in [-0.3, -0.25) is 0 Å². The van der Waals surface area contributed by atoms with E-state index >= 15 is 0 Å². The summed E-state index contributed by atoms with van der Waals surface area (Å²) < 4.78 is 10.4. The second-order valence-electron chi connectivity index (χ2n) is 4.95. The molecule has 0 radical (unpaired) electrons. The largest absolute Gasteiger partial charge is 0.465 e. The first kappa shape index (κ1) is 15.1. The highest BCUT2D eigenvalue weighted by atomic mass is 35.5. The Morgan fingerprint density at radius 3 is 3.05 bits per heavy atom. The van der Waals surface area contributed by atoms with E-state index in [4.69, 9.17) is 21.1 Å². The molecule has 1 saturated heterocycles. The first-order valence-electron chi connectivity index (χ1n) is 6.90. The van der Waals surface area contributed by atoms with Gasteiger partial charge in [-0.25, -0.2) is 4.79 Å². The SMILES string of the molecule is CCC1CC(Nc2cc(C(=O)OC)ccc2Cl)CCO1. The molecule has 1 heterocycles. The summed E-state index contributed by atoms with van der Waals surface area (Å²) in [6.45, 7) is 2.88. The fourth-order valence-corrected chi connectivity index (χ4v) is 2.57. The van der Waals surface area contributed by atoms with Crippen LogP contribution < -0.4 is 5.32 Å². The summed E-state index contributed by atoms with van der Waals surface area (Å²) in [5, 5.41) is 4.02. The number of nitrogens with one attached hydrogen (secondary N) is 1. The van der Waals surface area contributed by atoms with Crippen molar-refractivity contribution in [2.45, 2.75) is 38.3 Å². The fraction of sp³-hybridized carbons (Fsp3) is 0.533. The van der Waals surface area contributed by atoms with E-state index in [-0.39, 0.29) is 5.97 Å². The Labute approximate surface area is 124 Å². The van der Waals surface area contributed by atoms with Gasteiger partial charge in [0.05, 0.1) is 29.5 Å². The van der Waals surface area contributed by atoms with Crippen LogP contribution >= 0.6 is 11.6 Å². The monoisotopic (exact) mass is 297 g/mol. The molecule has 20 heavy (non-hydrogen) atoms. The zero-order valence-electron chi connectivity index (χ0n) is 11.8. The lowest BCUT2D eigenvalue weighted by Crippen LogP contribution is -2.33. The molecule has 0 bridgehead atoms. The minimum Gasteiger partial charge on any atom is -0.465 e. The highest BCUT2D eigenvalue weighted by Crippen LogP contribution is 2.27. The van der Waals surface area contributed by atoms with Gasteiger partial charge in [0.15, 0.2) is 0 Å². The molecule has 1 N–H and O–H groups in total. The summed E-state index contributed by atoms with van der Waals surface area (Å²) in [4.78, 5) is 11.6. The lowest BCUT2D eigenvalue weighted by atomic mass is 10.0.